The van der Waals surface area contributed by atoms with Gasteiger partial charge in [0.05, 0.1) is 10.5 Å². The highest BCUT2D eigenvalue weighted by Gasteiger charge is 2.23. The van der Waals surface area contributed by atoms with Gasteiger partial charge in [0.2, 0.25) is 0 Å². The lowest BCUT2D eigenvalue weighted by Gasteiger charge is -2.29. The van der Waals surface area contributed by atoms with E-state index in [4.69, 9.17) is 4.74 Å². The van der Waals surface area contributed by atoms with E-state index in [9.17, 15) is 24.5 Å². The van der Waals surface area contributed by atoms with Gasteiger partial charge in [-0.2, -0.15) is 0 Å². The molecule has 2 N–H and O–H groups in total. The van der Waals surface area contributed by atoms with Gasteiger partial charge in [-0.25, -0.2) is 9.59 Å². The predicted molar refractivity (Wildman–Crippen MR) is 96.2 cm³/mol. The SMILES string of the molecule is Cc1cc(C(=O)OCC(=O)NC(=O)N[C@@H]2CCCC[C@@H]2C)ccc1[N+](=O)[O-]. The van der Waals surface area contributed by atoms with E-state index in [0.29, 0.717) is 11.5 Å². The normalized spacial score (nSPS) is 19.0. The third-order valence-electron chi connectivity index (χ3n) is 4.64. The Morgan fingerprint density at radius 3 is 2.59 bits per heavy atom. The van der Waals surface area contributed by atoms with Crippen molar-refractivity contribution in [3.8, 4) is 0 Å². The van der Waals surface area contributed by atoms with Crippen molar-refractivity contribution in [3.05, 3.63) is 39.4 Å². The Kier molecular flexibility index (Phi) is 6.86. The number of carbonyl (C=O) groups excluding carboxylic acids is 3. The van der Waals surface area contributed by atoms with Crippen LogP contribution >= 0.6 is 0 Å². The molecule has 146 valence electrons. The number of nitrogens with zero attached hydrogens (tertiary/aromatic N) is 1. The summed E-state index contributed by atoms with van der Waals surface area (Å²) in [6.07, 6.45) is 4.08. The molecule has 2 rings (SSSR count). The zero-order valence-electron chi connectivity index (χ0n) is 15.3. The second kappa shape index (κ2) is 9.11. The minimum atomic E-state index is -0.801. The molecule has 3 amide bonds. The second-order valence-corrected chi connectivity index (χ2v) is 6.72. The zero-order chi connectivity index (χ0) is 20.0. The van der Waals surface area contributed by atoms with E-state index in [1.807, 2.05) is 0 Å². The summed E-state index contributed by atoms with van der Waals surface area (Å²) in [7, 11) is 0. The van der Waals surface area contributed by atoms with E-state index < -0.39 is 29.4 Å². The van der Waals surface area contributed by atoms with Gasteiger partial charge in [0.1, 0.15) is 0 Å². The molecule has 0 unspecified atom stereocenters. The molecule has 1 aromatic carbocycles. The van der Waals surface area contributed by atoms with Crippen molar-refractivity contribution in [3.63, 3.8) is 0 Å². The topological polar surface area (TPSA) is 128 Å². The van der Waals surface area contributed by atoms with Crippen LogP contribution in [0.1, 0.15) is 48.5 Å². The standard InChI is InChI=1S/C18H23N3O6/c1-11-5-3-4-6-14(11)19-18(24)20-16(22)10-27-17(23)13-7-8-15(21(25)26)12(2)9-13/h7-9,11,14H,3-6,10H2,1-2H3,(H2,19,20,22,24)/t11-,14+/m0/s1. The van der Waals surface area contributed by atoms with Crippen LogP contribution < -0.4 is 10.6 Å². The highest BCUT2D eigenvalue weighted by molar-refractivity contribution is 5.97. The Hall–Kier alpha value is -2.97. The monoisotopic (exact) mass is 377 g/mol. The van der Waals surface area contributed by atoms with Gasteiger partial charge in [0.25, 0.3) is 11.6 Å². The zero-order valence-corrected chi connectivity index (χ0v) is 15.3. The van der Waals surface area contributed by atoms with Crippen molar-refractivity contribution in [1.82, 2.24) is 10.6 Å². The van der Waals surface area contributed by atoms with Crippen LogP contribution in [0.25, 0.3) is 0 Å². The third-order valence-corrected chi connectivity index (χ3v) is 4.64. The molecule has 9 heteroatoms. The number of hydrogen-bond donors (Lipinski definition) is 2. The van der Waals surface area contributed by atoms with E-state index in [0.717, 1.165) is 25.7 Å². The highest BCUT2D eigenvalue weighted by atomic mass is 16.6. The number of esters is 1. The molecule has 0 aromatic heterocycles. The van der Waals surface area contributed by atoms with E-state index in [1.54, 1.807) is 0 Å². The first kappa shape index (κ1) is 20.3. The summed E-state index contributed by atoms with van der Waals surface area (Å²) in [4.78, 5) is 45.9. The van der Waals surface area contributed by atoms with Crippen molar-refractivity contribution < 1.29 is 24.0 Å². The van der Waals surface area contributed by atoms with Crippen LogP contribution in [0.3, 0.4) is 0 Å². The van der Waals surface area contributed by atoms with Crippen LogP contribution in [0.4, 0.5) is 10.5 Å². The molecule has 1 fully saturated rings. The Labute approximate surface area is 156 Å². The molecular weight excluding hydrogens is 354 g/mol. The largest absolute Gasteiger partial charge is 0.452 e. The molecular formula is C18H23N3O6. The Bertz CT molecular complexity index is 749. The number of urea groups is 1. The molecule has 27 heavy (non-hydrogen) atoms. The van der Waals surface area contributed by atoms with E-state index >= 15 is 0 Å². The number of amides is 3. The number of nitrogens with one attached hydrogen (secondary N) is 2. The van der Waals surface area contributed by atoms with Crippen LogP contribution in [0, 0.1) is 23.0 Å². The molecule has 9 nitrogen and oxygen atoms in total. The molecule has 0 heterocycles. The molecule has 1 saturated carbocycles. The van der Waals surface area contributed by atoms with Crippen LogP contribution in [-0.4, -0.2) is 35.5 Å². The fourth-order valence-electron chi connectivity index (χ4n) is 3.10. The lowest BCUT2D eigenvalue weighted by atomic mass is 9.86. The maximum Gasteiger partial charge on any atom is 0.338 e. The number of benzene rings is 1. The van der Waals surface area contributed by atoms with Crippen molar-refractivity contribution in [2.75, 3.05) is 6.61 Å². The number of rotatable bonds is 5. The van der Waals surface area contributed by atoms with Crippen LogP contribution in [0.5, 0.6) is 0 Å². The predicted octanol–water partition coefficient (Wildman–Crippen LogP) is 2.46. The summed E-state index contributed by atoms with van der Waals surface area (Å²) >= 11 is 0. The lowest BCUT2D eigenvalue weighted by Crippen LogP contribution is -2.48. The average Bonchev–Trinajstić information content (AvgIpc) is 2.61. The number of nitro groups is 1. The first-order valence-electron chi connectivity index (χ1n) is 8.80. The Balaban J connectivity index is 1.80. The van der Waals surface area contributed by atoms with Gasteiger partial charge in [-0.3, -0.25) is 20.2 Å². The quantitative estimate of drug-likeness (QED) is 0.461. The number of nitro benzene ring substituents is 1. The van der Waals surface area contributed by atoms with Crippen molar-refractivity contribution in [2.45, 2.75) is 45.6 Å². The lowest BCUT2D eigenvalue weighted by molar-refractivity contribution is -0.385. The van der Waals surface area contributed by atoms with Gasteiger partial charge in [-0.15, -0.1) is 0 Å². The Morgan fingerprint density at radius 1 is 1.26 bits per heavy atom. The number of ether oxygens (including phenoxy) is 1. The van der Waals surface area contributed by atoms with Gasteiger partial charge in [0, 0.05) is 17.7 Å². The van der Waals surface area contributed by atoms with Crippen molar-refractivity contribution in [1.29, 1.82) is 0 Å². The maximum atomic E-state index is 12.0. The van der Waals surface area contributed by atoms with E-state index in [-0.39, 0.29) is 17.3 Å². The minimum Gasteiger partial charge on any atom is -0.452 e. The summed E-state index contributed by atoms with van der Waals surface area (Å²) < 4.78 is 4.86. The molecule has 1 aromatic rings. The summed E-state index contributed by atoms with van der Waals surface area (Å²) in [5.74, 6) is -1.20. The average molecular weight is 377 g/mol. The fraction of sp³-hybridized carbons (Fsp3) is 0.500. The highest BCUT2D eigenvalue weighted by Crippen LogP contribution is 2.23. The number of aryl methyl sites for hydroxylation is 1. The van der Waals surface area contributed by atoms with E-state index in [1.165, 1.54) is 25.1 Å². The van der Waals surface area contributed by atoms with Gasteiger partial charge in [-0.1, -0.05) is 19.8 Å². The minimum absolute atomic E-state index is 0.0252. The van der Waals surface area contributed by atoms with Crippen molar-refractivity contribution in [2.24, 2.45) is 5.92 Å². The molecule has 1 aliphatic carbocycles. The van der Waals surface area contributed by atoms with Gasteiger partial charge >= 0.3 is 12.0 Å². The molecule has 0 radical (unpaired) electrons. The smallest absolute Gasteiger partial charge is 0.338 e. The maximum absolute atomic E-state index is 12.0. The summed E-state index contributed by atoms with van der Waals surface area (Å²) in [6.45, 7) is 2.93. The number of imide groups is 1. The van der Waals surface area contributed by atoms with Crippen LogP contribution in [0.15, 0.2) is 18.2 Å². The number of hydrogen-bond acceptors (Lipinski definition) is 6. The van der Waals surface area contributed by atoms with Gasteiger partial charge < -0.3 is 10.1 Å². The van der Waals surface area contributed by atoms with Crippen LogP contribution in [0.2, 0.25) is 0 Å². The van der Waals surface area contributed by atoms with Crippen molar-refractivity contribution >= 4 is 23.6 Å². The molecule has 1 aliphatic rings. The molecule has 0 spiro atoms. The Morgan fingerprint density at radius 2 is 1.96 bits per heavy atom. The molecule has 0 aliphatic heterocycles. The van der Waals surface area contributed by atoms with Gasteiger partial charge in [0.15, 0.2) is 6.61 Å². The summed E-state index contributed by atoms with van der Waals surface area (Å²) in [5.41, 5.74) is 0.282. The third kappa shape index (κ3) is 5.77. The molecule has 2 atom stereocenters. The van der Waals surface area contributed by atoms with Crippen LogP contribution in [-0.2, 0) is 9.53 Å². The number of carbonyl (C=O) groups is 3. The second-order valence-electron chi connectivity index (χ2n) is 6.72. The summed E-state index contributed by atoms with van der Waals surface area (Å²) in [6, 6.07) is 3.18. The molecule has 0 bridgehead atoms. The first-order valence-corrected chi connectivity index (χ1v) is 8.80. The van der Waals surface area contributed by atoms with E-state index in [2.05, 4.69) is 17.6 Å². The first-order chi connectivity index (χ1) is 12.8. The summed E-state index contributed by atoms with van der Waals surface area (Å²) in [5, 5.41) is 15.7. The van der Waals surface area contributed by atoms with Gasteiger partial charge in [-0.05, 0) is 37.8 Å². The molecule has 0 saturated heterocycles. The fourth-order valence-corrected chi connectivity index (χ4v) is 3.10.